The van der Waals surface area contributed by atoms with Crippen molar-refractivity contribution in [1.82, 2.24) is 0 Å². The van der Waals surface area contributed by atoms with Crippen molar-refractivity contribution >= 4 is 5.97 Å². The predicted molar refractivity (Wildman–Crippen MR) is 96.4 cm³/mol. The van der Waals surface area contributed by atoms with Crippen LogP contribution in [-0.4, -0.2) is 30.6 Å². The van der Waals surface area contributed by atoms with Gasteiger partial charge in [0.05, 0.1) is 0 Å². The topological polar surface area (TPSA) is 55.8 Å². The van der Waals surface area contributed by atoms with Crippen LogP contribution in [0.3, 0.4) is 0 Å². The monoisotopic (exact) mass is 336 g/mol. The van der Waals surface area contributed by atoms with Gasteiger partial charge in [0.2, 0.25) is 0 Å². The van der Waals surface area contributed by atoms with E-state index in [0.29, 0.717) is 26.1 Å². The quantitative estimate of drug-likeness (QED) is 0.308. The van der Waals surface area contributed by atoms with Gasteiger partial charge in [-0.1, -0.05) is 38.5 Å². The van der Waals surface area contributed by atoms with E-state index in [9.17, 15) is 4.79 Å². The minimum absolute atomic E-state index is 0.181. The van der Waals surface area contributed by atoms with Crippen LogP contribution in [0.4, 0.5) is 0 Å². The molecule has 0 aliphatic carbocycles. The normalized spacial score (nSPS) is 9.96. The smallest absolute Gasteiger partial charge is 0.303 e. The third-order valence-electron chi connectivity index (χ3n) is 3.32. The highest BCUT2D eigenvalue weighted by atomic mass is 16.7. The van der Waals surface area contributed by atoms with E-state index in [1.807, 2.05) is 0 Å². The molecule has 0 radical (unpaired) electrons. The molecule has 136 valence electrons. The molecule has 0 saturated carbocycles. The molecular weight excluding hydrogens is 304 g/mol. The summed E-state index contributed by atoms with van der Waals surface area (Å²) in [5.74, 6) is 11.4. The molecule has 4 heteroatoms. The lowest BCUT2D eigenvalue weighted by atomic mass is 10.2. The van der Waals surface area contributed by atoms with E-state index in [2.05, 4.69) is 37.5 Å². The Kier molecular flexibility index (Phi) is 16.7. The number of aliphatic carboxylic acids is 1. The molecule has 0 fully saturated rings. The average molecular weight is 336 g/mol. The Hall–Kier alpha value is -1.49. The Bertz CT molecular complexity index is 392. The number of unbranched alkanes of at least 4 members (excludes halogenated alkanes) is 5. The lowest BCUT2D eigenvalue weighted by Gasteiger charge is -2.15. The highest BCUT2D eigenvalue weighted by Crippen LogP contribution is 2.08. The van der Waals surface area contributed by atoms with Gasteiger partial charge in [-0.25, -0.2) is 0 Å². The highest BCUT2D eigenvalue weighted by Gasteiger charge is 2.08. The van der Waals surface area contributed by atoms with Crippen molar-refractivity contribution in [3.63, 3.8) is 0 Å². The van der Waals surface area contributed by atoms with Crippen LogP contribution in [-0.2, 0) is 14.3 Å². The van der Waals surface area contributed by atoms with Crippen molar-refractivity contribution in [2.24, 2.45) is 0 Å². The lowest BCUT2D eigenvalue weighted by molar-refractivity contribution is -0.138. The summed E-state index contributed by atoms with van der Waals surface area (Å²) in [5.41, 5.74) is 0. The number of carboxylic acid groups (broad SMARTS) is 1. The molecule has 0 aromatic rings. The first kappa shape index (κ1) is 22.5. The summed E-state index contributed by atoms with van der Waals surface area (Å²) in [6, 6.07) is 0. The zero-order valence-electron chi connectivity index (χ0n) is 15.2. The number of carboxylic acids is 1. The van der Waals surface area contributed by atoms with E-state index in [1.54, 1.807) is 0 Å². The van der Waals surface area contributed by atoms with Gasteiger partial charge in [0, 0.05) is 19.3 Å². The molecule has 0 aliphatic heterocycles. The zero-order chi connectivity index (χ0) is 17.9. The Balaban J connectivity index is 4.08. The van der Waals surface area contributed by atoms with Crippen LogP contribution in [0.15, 0.2) is 0 Å². The summed E-state index contributed by atoms with van der Waals surface area (Å²) in [6.45, 7) is 4.97. The van der Waals surface area contributed by atoms with E-state index in [0.717, 1.165) is 44.9 Å². The Morgan fingerprint density at radius 1 is 0.875 bits per heavy atom. The Morgan fingerprint density at radius 2 is 1.42 bits per heavy atom. The van der Waals surface area contributed by atoms with Gasteiger partial charge < -0.3 is 14.6 Å². The molecule has 0 aromatic heterocycles. The summed E-state index contributed by atoms with van der Waals surface area (Å²) >= 11 is 0. The number of rotatable bonds is 13. The molecular formula is C20H32O4. The van der Waals surface area contributed by atoms with Crippen LogP contribution in [0.5, 0.6) is 0 Å². The van der Waals surface area contributed by atoms with E-state index in [1.165, 1.54) is 0 Å². The summed E-state index contributed by atoms with van der Waals surface area (Å²) in [4.78, 5) is 10.5. The molecule has 0 aliphatic rings. The van der Waals surface area contributed by atoms with Crippen LogP contribution in [0.2, 0.25) is 0 Å². The van der Waals surface area contributed by atoms with Gasteiger partial charge in [-0.3, -0.25) is 4.79 Å². The molecule has 0 aromatic carbocycles. The molecule has 24 heavy (non-hydrogen) atoms. The first-order valence-corrected chi connectivity index (χ1v) is 9.07. The van der Waals surface area contributed by atoms with Crippen molar-refractivity contribution in [2.45, 2.75) is 84.3 Å². The maximum absolute atomic E-state index is 10.5. The molecule has 0 spiro atoms. The second kappa shape index (κ2) is 17.9. The Labute approximate surface area is 147 Å². The fourth-order valence-corrected chi connectivity index (χ4v) is 1.88. The molecule has 0 atom stereocenters. The SMILES string of the molecule is CCCCC#CCOC(CCCCC(=O)O)OCC#CCCCC. The first-order valence-electron chi connectivity index (χ1n) is 9.07. The molecule has 0 unspecified atom stereocenters. The third-order valence-corrected chi connectivity index (χ3v) is 3.32. The van der Waals surface area contributed by atoms with Gasteiger partial charge in [0.15, 0.2) is 6.29 Å². The minimum Gasteiger partial charge on any atom is -0.481 e. The fourth-order valence-electron chi connectivity index (χ4n) is 1.88. The molecule has 0 saturated heterocycles. The molecule has 4 nitrogen and oxygen atoms in total. The second-order valence-electron chi connectivity index (χ2n) is 5.61. The minimum atomic E-state index is -0.767. The van der Waals surface area contributed by atoms with E-state index >= 15 is 0 Å². The molecule has 0 rings (SSSR count). The van der Waals surface area contributed by atoms with Gasteiger partial charge in [0.1, 0.15) is 13.2 Å². The largest absolute Gasteiger partial charge is 0.481 e. The first-order chi connectivity index (χ1) is 11.7. The van der Waals surface area contributed by atoms with Crippen LogP contribution in [0, 0.1) is 23.7 Å². The summed E-state index contributed by atoms with van der Waals surface area (Å²) < 4.78 is 11.3. The highest BCUT2D eigenvalue weighted by molar-refractivity contribution is 5.66. The van der Waals surface area contributed by atoms with Crippen molar-refractivity contribution in [1.29, 1.82) is 0 Å². The van der Waals surface area contributed by atoms with Gasteiger partial charge in [-0.2, -0.15) is 0 Å². The van der Waals surface area contributed by atoms with E-state index in [4.69, 9.17) is 14.6 Å². The lowest BCUT2D eigenvalue weighted by Crippen LogP contribution is -2.18. The van der Waals surface area contributed by atoms with Gasteiger partial charge in [-0.15, -0.1) is 11.8 Å². The van der Waals surface area contributed by atoms with Crippen molar-refractivity contribution in [2.75, 3.05) is 13.2 Å². The maximum atomic E-state index is 10.5. The van der Waals surface area contributed by atoms with Gasteiger partial charge >= 0.3 is 5.97 Å². The predicted octanol–water partition coefficient (Wildman–Crippen LogP) is 4.38. The fraction of sp³-hybridized carbons (Fsp3) is 0.750. The summed E-state index contributed by atoms with van der Waals surface area (Å²) in [5, 5.41) is 8.67. The average Bonchev–Trinajstić information content (AvgIpc) is 2.56. The number of hydrogen-bond acceptors (Lipinski definition) is 3. The van der Waals surface area contributed by atoms with E-state index in [-0.39, 0.29) is 12.7 Å². The molecule has 0 heterocycles. The van der Waals surface area contributed by atoms with Crippen molar-refractivity contribution in [3.8, 4) is 23.7 Å². The number of hydrogen-bond donors (Lipinski definition) is 1. The zero-order valence-corrected chi connectivity index (χ0v) is 15.2. The second-order valence-corrected chi connectivity index (χ2v) is 5.61. The van der Waals surface area contributed by atoms with E-state index < -0.39 is 5.97 Å². The van der Waals surface area contributed by atoms with Gasteiger partial charge in [0.25, 0.3) is 0 Å². The standard InChI is InChI=1S/C20H32O4/c1-3-5-7-9-13-17-23-20(16-12-11-15-19(21)22)24-18-14-10-8-6-4-2/h20H,3-8,11-12,15-18H2,1-2H3,(H,21,22). The maximum Gasteiger partial charge on any atom is 0.303 e. The van der Waals surface area contributed by atoms with Crippen molar-refractivity contribution in [3.05, 3.63) is 0 Å². The van der Waals surface area contributed by atoms with Crippen LogP contribution in [0.1, 0.15) is 78.1 Å². The summed E-state index contributed by atoms with van der Waals surface area (Å²) in [6.07, 6.45) is 8.15. The molecule has 1 N–H and O–H groups in total. The number of ether oxygens (including phenoxy) is 2. The number of carbonyl (C=O) groups is 1. The van der Waals surface area contributed by atoms with Crippen LogP contribution >= 0.6 is 0 Å². The van der Waals surface area contributed by atoms with Gasteiger partial charge in [-0.05, 0) is 32.1 Å². The van der Waals surface area contributed by atoms with Crippen LogP contribution < -0.4 is 0 Å². The molecule has 0 bridgehead atoms. The Morgan fingerprint density at radius 3 is 1.88 bits per heavy atom. The molecule has 0 amide bonds. The third kappa shape index (κ3) is 16.9. The van der Waals surface area contributed by atoms with Crippen LogP contribution in [0.25, 0.3) is 0 Å². The summed E-state index contributed by atoms with van der Waals surface area (Å²) in [7, 11) is 0. The van der Waals surface area contributed by atoms with Crippen molar-refractivity contribution < 1.29 is 19.4 Å².